The van der Waals surface area contributed by atoms with Crippen LogP contribution in [0.15, 0.2) is 42.5 Å². The second kappa shape index (κ2) is 10.5. The molecule has 0 saturated carbocycles. The minimum atomic E-state index is -0.295. The van der Waals surface area contributed by atoms with E-state index in [2.05, 4.69) is 4.90 Å². The zero-order valence-electron chi connectivity index (χ0n) is 18.7. The number of rotatable bonds is 9. The molecule has 1 aliphatic heterocycles. The lowest BCUT2D eigenvalue weighted by Gasteiger charge is -2.32. The number of carbonyl (C=O) groups is 1. The van der Waals surface area contributed by atoms with Crippen molar-refractivity contribution in [2.75, 3.05) is 48.0 Å². The molecule has 3 rings (SSSR count). The van der Waals surface area contributed by atoms with Gasteiger partial charge < -0.3 is 24.2 Å². The van der Waals surface area contributed by atoms with E-state index in [4.69, 9.17) is 14.2 Å². The summed E-state index contributed by atoms with van der Waals surface area (Å²) in [5.41, 5.74) is 1.86. The maximum absolute atomic E-state index is 13.3. The number of β-amino-alcohol motifs (C(OH)–C–C–N with tert-alkyl or cyclic N) is 1. The monoisotopic (exact) mass is 428 g/mol. The summed E-state index contributed by atoms with van der Waals surface area (Å²) in [5, 5.41) is 9.91. The standard InChI is InChI=1S/C24H32N2O5/c1-25(20(18-8-6-5-7-9-18)16-26-11-10-19(27)15-26)23(28)14-17-12-21(29-2)24(31-4)22(13-17)30-3/h5-9,12-13,19-20,27H,10-11,14-16H2,1-4H3. The SMILES string of the molecule is COc1cc(CC(=O)N(C)C(CN2CCC(O)C2)c2ccccc2)cc(OC)c1OC. The van der Waals surface area contributed by atoms with Gasteiger partial charge in [-0.15, -0.1) is 0 Å². The van der Waals surface area contributed by atoms with Crippen LogP contribution in [0.2, 0.25) is 0 Å². The van der Waals surface area contributed by atoms with Crippen molar-refractivity contribution in [1.82, 2.24) is 9.80 Å². The molecule has 1 aliphatic rings. The smallest absolute Gasteiger partial charge is 0.227 e. The van der Waals surface area contributed by atoms with Crippen molar-refractivity contribution in [3.8, 4) is 17.2 Å². The third-order valence-electron chi connectivity index (χ3n) is 5.80. The Labute approximate surface area is 184 Å². The number of benzene rings is 2. The lowest BCUT2D eigenvalue weighted by Crippen LogP contribution is -2.39. The fourth-order valence-electron chi connectivity index (χ4n) is 4.06. The first kappa shape index (κ1) is 22.9. The van der Waals surface area contributed by atoms with E-state index in [1.54, 1.807) is 38.4 Å². The molecule has 1 heterocycles. The van der Waals surface area contributed by atoms with E-state index in [-0.39, 0.29) is 24.5 Å². The van der Waals surface area contributed by atoms with Crippen LogP contribution >= 0.6 is 0 Å². The lowest BCUT2D eigenvalue weighted by molar-refractivity contribution is -0.131. The van der Waals surface area contributed by atoms with Crippen LogP contribution in [0.25, 0.3) is 0 Å². The molecule has 2 aromatic rings. The van der Waals surface area contributed by atoms with Gasteiger partial charge in [0.1, 0.15) is 0 Å². The molecule has 0 spiro atoms. The van der Waals surface area contributed by atoms with Crippen LogP contribution in [-0.4, -0.2) is 74.9 Å². The molecule has 2 aromatic carbocycles. The second-order valence-electron chi connectivity index (χ2n) is 7.84. The highest BCUT2D eigenvalue weighted by molar-refractivity contribution is 5.79. The first-order valence-electron chi connectivity index (χ1n) is 10.5. The maximum atomic E-state index is 13.3. The van der Waals surface area contributed by atoms with E-state index < -0.39 is 0 Å². The zero-order valence-corrected chi connectivity index (χ0v) is 18.7. The van der Waals surface area contributed by atoms with Crippen molar-refractivity contribution in [1.29, 1.82) is 0 Å². The Morgan fingerprint density at radius 3 is 2.29 bits per heavy atom. The summed E-state index contributed by atoms with van der Waals surface area (Å²) in [6, 6.07) is 13.5. The molecule has 0 radical (unpaired) electrons. The van der Waals surface area contributed by atoms with E-state index in [0.717, 1.165) is 24.1 Å². The molecule has 1 amide bonds. The number of likely N-dealkylation sites (tertiary alicyclic amines) is 1. The molecule has 31 heavy (non-hydrogen) atoms. The van der Waals surface area contributed by atoms with Gasteiger partial charge in [-0.25, -0.2) is 0 Å². The van der Waals surface area contributed by atoms with Gasteiger partial charge in [-0.1, -0.05) is 30.3 Å². The molecule has 2 unspecified atom stereocenters. The summed E-state index contributed by atoms with van der Waals surface area (Å²) in [6.07, 6.45) is 0.681. The van der Waals surface area contributed by atoms with E-state index in [9.17, 15) is 9.90 Å². The van der Waals surface area contributed by atoms with E-state index in [1.807, 2.05) is 37.4 Å². The molecule has 1 saturated heterocycles. The zero-order chi connectivity index (χ0) is 22.4. The van der Waals surface area contributed by atoms with Gasteiger partial charge in [0, 0.05) is 26.7 Å². The Hall–Kier alpha value is -2.77. The van der Waals surface area contributed by atoms with Crippen LogP contribution in [0.4, 0.5) is 0 Å². The van der Waals surface area contributed by atoms with Crippen LogP contribution < -0.4 is 14.2 Å². The Morgan fingerprint density at radius 2 is 1.77 bits per heavy atom. The summed E-state index contributed by atoms with van der Waals surface area (Å²) in [6.45, 7) is 2.15. The van der Waals surface area contributed by atoms with Gasteiger partial charge in [-0.3, -0.25) is 9.69 Å². The normalized spacial score (nSPS) is 17.3. The molecule has 7 nitrogen and oxygen atoms in total. The fourth-order valence-corrected chi connectivity index (χ4v) is 4.06. The van der Waals surface area contributed by atoms with Gasteiger partial charge in [0.25, 0.3) is 0 Å². The number of amides is 1. The minimum absolute atomic E-state index is 0.0112. The van der Waals surface area contributed by atoms with Gasteiger partial charge in [0.15, 0.2) is 11.5 Å². The topological polar surface area (TPSA) is 71.5 Å². The van der Waals surface area contributed by atoms with E-state index in [1.165, 1.54) is 0 Å². The molecule has 2 atom stereocenters. The first-order chi connectivity index (χ1) is 15.0. The summed E-state index contributed by atoms with van der Waals surface area (Å²) in [7, 11) is 6.51. The Bertz CT molecular complexity index is 849. The average Bonchev–Trinajstić information content (AvgIpc) is 3.21. The van der Waals surface area contributed by atoms with Crippen LogP contribution in [0.1, 0.15) is 23.6 Å². The fraction of sp³-hybridized carbons (Fsp3) is 0.458. The number of methoxy groups -OCH3 is 3. The van der Waals surface area contributed by atoms with Gasteiger partial charge in [0.2, 0.25) is 11.7 Å². The second-order valence-corrected chi connectivity index (χ2v) is 7.84. The first-order valence-corrected chi connectivity index (χ1v) is 10.5. The number of nitrogens with zero attached hydrogens (tertiary/aromatic N) is 2. The Morgan fingerprint density at radius 1 is 1.13 bits per heavy atom. The minimum Gasteiger partial charge on any atom is -0.493 e. The molecule has 7 heteroatoms. The number of aliphatic hydroxyl groups is 1. The molecular formula is C24H32N2O5. The highest BCUT2D eigenvalue weighted by Gasteiger charge is 2.28. The summed E-state index contributed by atoms with van der Waals surface area (Å²) in [4.78, 5) is 17.3. The van der Waals surface area contributed by atoms with Crippen molar-refractivity contribution in [3.63, 3.8) is 0 Å². The molecule has 168 valence electrons. The number of ether oxygens (including phenoxy) is 3. The molecule has 0 aliphatic carbocycles. The third kappa shape index (κ3) is 5.48. The summed E-state index contributed by atoms with van der Waals surface area (Å²) in [5.74, 6) is 1.54. The van der Waals surface area contributed by atoms with Gasteiger partial charge >= 0.3 is 0 Å². The number of hydrogen-bond acceptors (Lipinski definition) is 6. The predicted molar refractivity (Wildman–Crippen MR) is 119 cm³/mol. The van der Waals surface area contributed by atoms with E-state index >= 15 is 0 Å². The number of hydrogen-bond donors (Lipinski definition) is 1. The Kier molecular flexibility index (Phi) is 7.76. The number of aliphatic hydroxyl groups excluding tert-OH is 1. The Balaban J connectivity index is 1.81. The predicted octanol–water partition coefficient (Wildman–Crippen LogP) is 2.52. The van der Waals surface area contributed by atoms with Gasteiger partial charge in [-0.2, -0.15) is 0 Å². The van der Waals surface area contributed by atoms with E-state index in [0.29, 0.717) is 30.3 Å². The third-order valence-corrected chi connectivity index (χ3v) is 5.80. The van der Waals surface area contributed by atoms with Crippen molar-refractivity contribution < 1.29 is 24.1 Å². The molecule has 1 N–H and O–H groups in total. The molecule has 1 fully saturated rings. The van der Waals surface area contributed by atoms with Crippen LogP contribution in [0.3, 0.4) is 0 Å². The number of likely N-dealkylation sites (N-methyl/N-ethyl adjacent to an activating group) is 1. The van der Waals surface area contributed by atoms with Crippen LogP contribution in [0, 0.1) is 0 Å². The lowest BCUT2D eigenvalue weighted by atomic mass is 10.0. The maximum Gasteiger partial charge on any atom is 0.227 e. The van der Waals surface area contributed by atoms with Crippen molar-refractivity contribution in [3.05, 3.63) is 53.6 Å². The molecular weight excluding hydrogens is 396 g/mol. The van der Waals surface area contributed by atoms with Crippen LogP contribution in [0.5, 0.6) is 17.2 Å². The van der Waals surface area contributed by atoms with Gasteiger partial charge in [-0.05, 0) is 29.7 Å². The molecule has 0 aromatic heterocycles. The molecule has 0 bridgehead atoms. The van der Waals surface area contributed by atoms with Crippen molar-refractivity contribution in [2.24, 2.45) is 0 Å². The number of carbonyl (C=O) groups excluding carboxylic acids is 1. The van der Waals surface area contributed by atoms with Crippen LogP contribution in [-0.2, 0) is 11.2 Å². The largest absolute Gasteiger partial charge is 0.493 e. The highest BCUT2D eigenvalue weighted by atomic mass is 16.5. The average molecular weight is 429 g/mol. The quantitative estimate of drug-likeness (QED) is 0.662. The summed E-state index contributed by atoms with van der Waals surface area (Å²) < 4.78 is 16.2. The van der Waals surface area contributed by atoms with Gasteiger partial charge in [0.05, 0.1) is 39.9 Å². The highest BCUT2D eigenvalue weighted by Crippen LogP contribution is 2.38. The van der Waals surface area contributed by atoms with Crippen molar-refractivity contribution in [2.45, 2.75) is 25.0 Å². The van der Waals surface area contributed by atoms with Crippen molar-refractivity contribution >= 4 is 5.91 Å². The summed E-state index contributed by atoms with van der Waals surface area (Å²) >= 11 is 0.